The minimum absolute atomic E-state index is 0.253. The average Bonchev–Trinajstić information content (AvgIpc) is 2.75. The maximum atomic E-state index is 13.9. The third kappa shape index (κ3) is 2.83. The van der Waals surface area contributed by atoms with Gasteiger partial charge in [0.15, 0.2) is 0 Å². The molecule has 0 aromatic carbocycles. The van der Waals surface area contributed by atoms with Gasteiger partial charge in [-0.15, -0.1) is 0 Å². The van der Waals surface area contributed by atoms with Gasteiger partial charge in [0.2, 0.25) is 0 Å². The number of nitrogens with one attached hydrogen (secondary N) is 1. The number of nitrogens with zero attached hydrogens (tertiary/aromatic N) is 3. The summed E-state index contributed by atoms with van der Waals surface area (Å²) >= 11 is 3.42. The van der Waals surface area contributed by atoms with Crippen LogP contribution in [-0.2, 0) is 6.54 Å². The maximum Gasteiger partial charge on any atom is 0.146 e. The van der Waals surface area contributed by atoms with Gasteiger partial charge < -0.3 is 0 Å². The molecule has 0 spiro atoms. The standard InChI is InChI=1S/C12H15BrFN5/c1-2-6-19-12(8(13)7-17-19)11(18-15)10-9(14)4-3-5-16-10/h3-5,7,11,18H,2,6,15H2,1H3. The van der Waals surface area contributed by atoms with Gasteiger partial charge in [0, 0.05) is 12.7 Å². The topological polar surface area (TPSA) is 68.8 Å². The van der Waals surface area contributed by atoms with Crippen molar-refractivity contribution in [2.75, 3.05) is 0 Å². The molecule has 5 nitrogen and oxygen atoms in total. The van der Waals surface area contributed by atoms with Crippen molar-refractivity contribution in [3.8, 4) is 0 Å². The molecule has 3 N–H and O–H groups in total. The Balaban J connectivity index is 2.48. The quantitative estimate of drug-likeness (QED) is 0.652. The van der Waals surface area contributed by atoms with Crippen molar-refractivity contribution in [2.45, 2.75) is 25.9 Å². The number of aryl methyl sites for hydroxylation is 1. The van der Waals surface area contributed by atoms with Gasteiger partial charge in [0.25, 0.3) is 0 Å². The van der Waals surface area contributed by atoms with E-state index in [1.807, 2.05) is 6.92 Å². The predicted molar refractivity (Wildman–Crippen MR) is 73.6 cm³/mol. The van der Waals surface area contributed by atoms with E-state index in [2.05, 4.69) is 31.4 Å². The van der Waals surface area contributed by atoms with Gasteiger partial charge in [-0.25, -0.2) is 9.82 Å². The Morgan fingerprint density at radius 3 is 3.00 bits per heavy atom. The van der Waals surface area contributed by atoms with Crippen molar-refractivity contribution >= 4 is 15.9 Å². The number of halogens is 2. The van der Waals surface area contributed by atoms with Crippen LogP contribution in [0.15, 0.2) is 29.0 Å². The molecule has 1 unspecified atom stereocenters. The highest BCUT2D eigenvalue weighted by atomic mass is 79.9. The third-order valence-electron chi connectivity index (χ3n) is 2.77. The fourth-order valence-corrected chi connectivity index (χ4v) is 2.47. The SMILES string of the molecule is CCCn1ncc(Br)c1C(NN)c1ncccc1F. The van der Waals surface area contributed by atoms with E-state index in [1.165, 1.54) is 12.3 Å². The van der Waals surface area contributed by atoms with Crippen LogP contribution >= 0.6 is 15.9 Å². The summed E-state index contributed by atoms with van der Waals surface area (Å²) in [7, 11) is 0. The van der Waals surface area contributed by atoms with Crippen LogP contribution in [0.1, 0.15) is 30.8 Å². The number of hydrazine groups is 1. The zero-order chi connectivity index (χ0) is 13.8. The lowest BCUT2D eigenvalue weighted by Crippen LogP contribution is -2.32. The minimum atomic E-state index is -0.551. The first-order valence-corrected chi connectivity index (χ1v) is 6.76. The maximum absolute atomic E-state index is 13.9. The molecule has 0 saturated carbocycles. The molecule has 0 radical (unpaired) electrons. The van der Waals surface area contributed by atoms with Crippen LogP contribution in [0.25, 0.3) is 0 Å². The lowest BCUT2D eigenvalue weighted by molar-refractivity contribution is 0.491. The molecule has 2 rings (SSSR count). The highest BCUT2D eigenvalue weighted by Gasteiger charge is 2.24. The predicted octanol–water partition coefficient (Wildman–Crippen LogP) is 2.14. The number of rotatable bonds is 5. The molecule has 0 fully saturated rings. The van der Waals surface area contributed by atoms with Crippen LogP contribution in [0.5, 0.6) is 0 Å². The van der Waals surface area contributed by atoms with Gasteiger partial charge in [0.1, 0.15) is 17.6 Å². The summed E-state index contributed by atoms with van der Waals surface area (Å²) in [5.41, 5.74) is 3.63. The van der Waals surface area contributed by atoms with Crippen LogP contribution < -0.4 is 11.3 Å². The zero-order valence-electron chi connectivity index (χ0n) is 10.5. The van der Waals surface area contributed by atoms with E-state index in [1.54, 1.807) is 16.9 Å². The molecule has 0 aliphatic heterocycles. The molecule has 2 aromatic heterocycles. The minimum Gasteiger partial charge on any atom is -0.270 e. The van der Waals surface area contributed by atoms with Crippen molar-refractivity contribution < 1.29 is 4.39 Å². The van der Waals surface area contributed by atoms with E-state index in [-0.39, 0.29) is 5.69 Å². The molecule has 0 aliphatic rings. The van der Waals surface area contributed by atoms with E-state index in [0.29, 0.717) is 0 Å². The summed E-state index contributed by atoms with van der Waals surface area (Å²) in [4.78, 5) is 4.07. The van der Waals surface area contributed by atoms with Crippen molar-refractivity contribution in [1.29, 1.82) is 0 Å². The molecule has 0 saturated heterocycles. The largest absolute Gasteiger partial charge is 0.270 e. The third-order valence-corrected chi connectivity index (χ3v) is 3.38. The second kappa shape index (κ2) is 6.23. The van der Waals surface area contributed by atoms with Gasteiger partial charge in [-0.1, -0.05) is 6.92 Å². The number of aromatic nitrogens is 3. The summed E-state index contributed by atoms with van der Waals surface area (Å²) < 4.78 is 16.4. The fraction of sp³-hybridized carbons (Fsp3) is 0.333. The molecular formula is C12H15BrFN5. The van der Waals surface area contributed by atoms with Gasteiger partial charge in [-0.2, -0.15) is 5.10 Å². The zero-order valence-corrected chi connectivity index (χ0v) is 12.1. The number of hydrogen-bond acceptors (Lipinski definition) is 4. The average molecular weight is 328 g/mol. The second-order valence-corrected chi connectivity index (χ2v) is 4.93. The molecule has 2 heterocycles. The van der Waals surface area contributed by atoms with Gasteiger partial charge in [-0.3, -0.25) is 15.5 Å². The summed E-state index contributed by atoms with van der Waals surface area (Å²) in [5, 5.41) is 4.25. The van der Waals surface area contributed by atoms with Crippen molar-refractivity contribution in [1.82, 2.24) is 20.2 Å². The Bertz CT molecular complexity index is 557. The molecule has 7 heteroatoms. The summed E-state index contributed by atoms with van der Waals surface area (Å²) in [6.45, 7) is 2.78. The van der Waals surface area contributed by atoms with Crippen LogP contribution in [0.2, 0.25) is 0 Å². The van der Waals surface area contributed by atoms with Crippen molar-refractivity contribution in [3.05, 3.63) is 46.2 Å². The summed E-state index contributed by atoms with van der Waals surface area (Å²) in [5.74, 6) is 5.18. The Labute approximate surface area is 119 Å². The normalized spacial score (nSPS) is 12.6. The molecule has 2 aromatic rings. The Kier molecular flexibility index (Phi) is 4.62. The fourth-order valence-electron chi connectivity index (χ4n) is 1.95. The van der Waals surface area contributed by atoms with Crippen molar-refractivity contribution in [2.24, 2.45) is 5.84 Å². The molecule has 19 heavy (non-hydrogen) atoms. The Hall–Kier alpha value is -1.31. The van der Waals surface area contributed by atoms with E-state index < -0.39 is 11.9 Å². The summed E-state index contributed by atoms with van der Waals surface area (Å²) in [6, 6.07) is 2.36. The number of hydrogen-bond donors (Lipinski definition) is 2. The lowest BCUT2D eigenvalue weighted by Gasteiger charge is -2.18. The Morgan fingerprint density at radius 1 is 1.58 bits per heavy atom. The molecule has 0 aliphatic carbocycles. The molecule has 0 amide bonds. The molecular weight excluding hydrogens is 313 g/mol. The first-order chi connectivity index (χ1) is 9.19. The van der Waals surface area contributed by atoms with E-state index in [4.69, 9.17) is 5.84 Å². The number of pyridine rings is 1. The molecule has 0 bridgehead atoms. The van der Waals surface area contributed by atoms with Crippen LogP contribution in [-0.4, -0.2) is 14.8 Å². The monoisotopic (exact) mass is 327 g/mol. The highest BCUT2D eigenvalue weighted by Crippen LogP contribution is 2.28. The van der Waals surface area contributed by atoms with E-state index in [9.17, 15) is 4.39 Å². The molecule has 102 valence electrons. The van der Waals surface area contributed by atoms with Gasteiger partial charge >= 0.3 is 0 Å². The first-order valence-electron chi connectivity index (χ1n) is 5.96. The second-order valence-electron chi connectivity index (χ2n) is 4.07. The summed E-state index contributed by atoms with van der Waals surface area (Å²) in [6.07, 6.45) is 4.14. The van der Waals surface area contributed by atoms with Crippen LogP contribution in [0, 0.1) is 5.82 Å². The lowest BCUT2D eigenvalue weighted by atomic mass is 10.1. The Morgan fingerprint density at radius 2 is 2.37 bits per heavy atom. The van der Waals surface area contributed by atoms with Crippen molar-refractivity contribution in [3.63, 3.8) is 0 Å². The van der Waals surface area contributed by atoms with Crippen LogP contribution in [0.3, 0.4) is 0 Å². The van der Waals surface area contributed by atoms with E-state index in [0.717, 1.165) is 23.1 Å². The highest BCUT2D eigenvalue weighted by molar-refractivity contribution is 9.10. The van der Waals surface area contributed by atoms with Gasteiger partial charge in [0.05, 0.1) is 16.4 Å². The van der Waals surface area contributed by atoms with Crippen LogP contribution in [0.4, 0.5) is 4.39 Å². The van der Waals surface area contributed by atoms with Gasteiger partial charge in [-0.05, 0) is 34.5 Å². The smallest absolute Gasteiger partial charge is 0.146 e. The molecule has 1 atom stereocenters. The number of nitrogens with two attached hydrogens (primary N) is 1. The van der Waals surface area contributed by atoms with E-state index >= 15 is 0 Å². The first kappa shape index (κ1) is 14.1.